The van der Waals surface area contributed by atoms with Gasteiger partial charge in [0.2, 0.25) is 11.7 Å². The number of pyridine rings is 1. The minimum atomic E-state index is 0.483. The third kappa shape index (κ3) is 3.11. The highest BCUT2D eigenvalue weighted by Crippen LogP contribution is 2.26. The zero-order valence-electron chi connectivity index (χ0n) is 8.86. The Kier molecular flexibility index (Phi) is 4.25. The molecule has 17 heavy (non-hydrogen) atoms. The highest BCUT2D eigenvalue weighted by Gasteiger charge is 2.12. The predicted molar refractivity (Wildman–Crippen MR) is 70.3 cm³/mol. The molecular weight excluding hydrogens is 352 g/mol. The summed E-state index contributed by atoms with van der Waals surface area (Å²) in [6.07, 6.45) is 3.21. The molecule has 0 unspecified atom stereocenters. The molecule has 2 rings (SSSR count). The smallest absolute Gasteiger partial charge is 0.227 e. The largest absolute Gasteiger partial charge is 0.339 e. The molecule has 0 fully saturated rings. The Hall–Kier alpha value is -0.790. The summed E-state index contributed by atoms with van der Waals surface area (Å²) in [5.74, 6) is 1.07. The second-order valence-corrected chi connectivity index (χ2v) is 5.16. The van der Waals surface area contributed by atoms with Gasteiger partial charge in [0.25, 0.3) is 0 Å². The van der Waals surface area contributed by atoms with Gasteiger partial charge >= 0.3 is 0 Å². The van der Waals surface area contributed by atoms with Gasteiger partial charge in [0, 0.05) is 21.6 Å². The fraction of sp³-hybridized carbons (Fsp3) is 0.300. The maximum Gasteiger partial charge on any atom is 0.227 e. The minimum absolute atomic E-state index is 0.483. The molecule has 0 aliphatic carbocycles. The van der Waals surface area contributed by atoms with Gasteiger partial charge in [-0.2, -0.15) is 4.98 Å². The third-order valence-corrected chi connectivity index (χ3v) is 3.12. The van der Waals surface area contributed by atoms with Crippen molar-refractivity contribution in [2.45, 2.75) is 12.8 Å². The summed E-state index contributed by atoms with van der Waals surface area (Å²) < 4.78 is 6.82. The van der Waals surface area contributed by atoms with Crippen LogP contribution in [0.25, 0.3) is 11.5 Å². The molecule has 0 aliphatic rings. The van der Waals surface area contributed by atoms with E-state index >= 15 is 0 Å². The van der Waals surface area contributed by atoms with Gasteiger partial charge in [0.15, 0.2) is 0 Å². The lowest BCUT2D eigenvalue weighted by Crippen LogP contribution is -2.00. The summed E-state index contributed by atoms with van der Waals surface area (Å²) in [4.78, 5) is 8.51. The van der Waals surface area contributed by atoms with Gasteiger partial charge in [0.1, 0.15) is 5.69 Å². The molecule has 2 aromatic heterocycles. The van der Waals surface area contributed by atoms with E-state index in [1.165, 1.54) is 0 Å². The van der Waals surface area contributed by atoms with Crippen LogP contribution in [0.5, 0.6) is 0 Å². The van der Waals surface area contributed by atoms with Crippen molar-refractivity contribution in [1.82, 2.24) is 15.1 Å². The average Bonchev–Trinajstić information content (AvgIpc) is 2.75. The Morgan fingerprint density at radius 2 is 2.18 bits per heavy atom. The van der Waals surface area contributed by atoms with Crippen LogP contribution < -0.4 is 5.73 Å². The molecule has 0 amide bonds. The van der Waals surface area contributed by atoms with E-state index < -0.39 is 0 Å². The second kappa shape index (κ2) is 5.70. The molecule has 90 valence electrons. The van der Waals surface area contributed by atoms with Crippen LogP contribution in [0.15, 0.2) is 25.7 Å². The topological polar surface area (TPSA) is 77.8 Å². The molecule has 0 spiro atoms. The number of hydrogen-bond donors (Lipinski definition) is 1. The van der Waals surface area contributed by atoms with E-state index in [-0.39, 0.29) is 0 Å². The molecule has 0 aromatic carbocycles. The lowest BCUT2D eigenvalue weighted by molar-refractivity contribution is 0.376. The molecule has 7 heteroatoms. The first-order chi connectivity index (χ1) is 8.20. The third-order valence-electron chi connectivity index (χ3n) is 2.08. The standard InChI is InChI=1S/C10H10Br2N4O/c11-6-4-7(12)9(14-5-6)10-15-8(17-16-10)2-1-3-13/h4-5H,1-3,13H2. The van der Waals surface area contributed by atoms with Gasteiger partial charge in [-0.15, -0.1) is 0 Å². The van der Waals surface area contributed by atoms with Crippen molar-refractivity contribution in [2.24, 2.45) is 5.73 Å². The van der Waals surface area contributed by atoms with Gasteiger partial charge in [-0.25, -0.2) is 0 Å². The number of nitrogens with two attached hydrogens (primary N) is 1. The lowest BCUT2D eigenvalue weighted by Gasteiger charge is -1.97. The Labute approximate surface area is 115 Å². The molecule has 2 N–H and O–H groups in total. The fourth-order valence-electron chi connectivity index (χ4n) is 1.28. The maximum atomic E-state index is 5.42. The predicted octanol–water partition coefficient (Wildman–Crippen LogP) is 2.55. The fourth-order valence-corrected chi connectivity index (χ4v) is 2.45. The minimum Gasteiger partial charge on any atom is -0.339 e. The average molecular weight is 362 g/mol. The number of halogens is 2. The zero-order valence-corrected chi connectivity index (χ0v) is 12.0. The van der Waals surface area contributed by atoms with Crippen LogP contribution in [-0.4, -0.2) is 21.7 Å². The van der Waals surface area contributed by atoms with Gasteiger partial charge in [-0.3, -0.25) is 4.98 Å². The SMILES string of the molecule is NCCCc1nc(-c2ncc(Br)cc2Br)no1. The summed E-state index contributed by atoms with van der Waals surface area (Å²) >= 11 is 6.75. The van der Waals surface area contributed by atoms with Crippen LogP contribution in [0.3, 0.4) is 0 Å². The van der Waals surface area contributed by atoms with E-state index in [0.29, 0.717) is 30.4 Å². The van der Waals surface area contributed by atoms with E-state index in [1.807, 2.05) is 6.07 Å². The molecule has 0 saturated carbocycles. The van der Waals surface area contributed by atoms with E-state index in [9.17, 15) is 0 Å². The van der Waals surface area contributed by atoms with Gasteiger partial charge in [-0.05, 0) is 50.9 Å². The molecule has 0 radical (unpaired) electrons. The lowest BCUT2D eigenvalue weighted by atomic mass is 10.3. The molecule has 0 bridgehead atoms. The van der Waals surface area contributed by atoms with Crippen molar-refractivity contribution in [2.75, 3.05) is 6.54 Å². The van der Waals surface area contributed by atoms with Crippen molar-refractivity contribution < 1.29 is 4.52 Å². The molecule has 2 aromatic rings. The molecule has 0 saturated heterocycles. The Bertz CT molecular complexity index is 515. The Morgan fingerprint density at radius 1 is 1.35 bits per heavy atom. The van der Waals surface area contributed by atoms with Crippen LogP contribution in [0.2, 0.25) is 0 Å². The van der Waals surface area contributed by atoms with Gasteiger partial charge in [0.05, 0.1) is 0 Å². The van der Waals surface area contributed by atoms with Crippen molar-refractivity contribution in [3.8, 4) is 11.5 Å². The first kappa shape index (κ1) is 12.7. The van der Waals surface area contributed by atoms with Crippen LogP contribution in [0.4, 0.5) is 0 Å². The number of nitrogens with zero attached hydrogens (tertiary/aromatic N) is 3. The van der Waals surface area contributed by atoms with Crippen molar-refractivity contribution in [3.63, 3.8) is 0 Å². The number of aromatic nitrogens is 3. The molecule has 5 nitrogen and oxygen atoms in total. The van der Waals surface area contributed by atoms with E-state index in [4.69, 9.17) is 10.3 Å². The first-order valence-electron chi connectivity index (χ1n) is 5.05. The van der Waals surface area contributed by atoms with Crippen LogP contribution in [-0.2, 0) is 6.42 Å². The zero-order chi connectivity index (χ0) is 12.3. The van der Waals surface area contributed by atoms with Gasteiger partial charge < -0.3 is 10.3 Å². The quantitative estimate of drug-likeness (QED) is 0.905. The van der Waals surface area contributed by atoms with Crippen LogP contribution in [0, 0.1) is 0 Å². The van der Waals surface area contributed by atoms with Crippen molar-refractivity contribution in [3.05, 3.63) is 27.1 Å². The second-order valence-electron chi connectivity index (χ2n) is 3.39. The first-order valence-corrected chi connectivity index (χ1v) is 6.63. The molecule has 0 aliphatic heterocycles. The van der Waals surface area contributed by atoms with Crippen molar-refractivity contribution in [1.29, 1.82) is 0 Å². The summed E-state index contributed by atoms with van der Waals surface area (Å²) in [5, 5.41) is 3.90. The van der Waals surface area contributed by atoms with Crippen LogP contribution in [0.1, 0.15) is 12.3 Å². The van der Waals surface area contributed by atoms with E-state index in [2.05, 4.69) is 47.0 Å². The summed E-state index contributed by atoms with van der Waals surface area (Å²) in [6, 6.07) is 1.89. The van der Waals surface area contributed by atoms with Crippen LogP contribution >= 0.6 is 31.9 Å². The summed E-state index contributed by atoms with van der Waals surface area (Å²) in [6.45, 7) is 0.609. The monoisotopic (exact) mass is 360 g/mol. The highest BCUT2D eigenvalue weighted by molar-refractivity contribution is 9.11. The normalized spacial score (nSPS) is 10.8. The maximum absolute atomic E-state index is 5.42. The molecular formula is C10H10Br2N4O. The van der Waals surface area contributed by atoms with E-state index in [1.54, 1.807) is 6.20 Å². The number of rotatable bonds is 4. The Balaban J connectivity index is 2.24. The Morgan fingerprint density at radius 3 is 2.88 bits per heavy atom. The van der Waals surface area contributed by atoms with Crippen molar-refractivity contribution >= 4 is 31.9 Å². The summed E-state index contributed by atoms with van der Waals surface area (Å²) in [7, 11) is 0. The van der Waals surface area contributed by atoms with E-state index in [0.717, 1.165) is 15.4 Å². The summed E-state index contributed by atoms with van der Waals surface area (Å²) in [5.41, 5.74) is 6.08. The highest BCUT2D eigenvalue weighted by atomic mass is 79.9. The molecule has 2 heterocycles. The number of aryl methyl sites for hydroxylation is 1. The number of hydrogen-bond acceptors (Lipinski definition) is 5. The van der Waals surface area contributed by atoms with Gasteiger partial charge in [-0.1, -0.05) is 5.16 Å². The molecule has 0 atom stereocenters.